The Morgan fingerprint density at radius 3 is 2.64 bits per heavy atom. The Hall–Kier alpha value is -4.95. The van der Waals surface area contributed by atoms with Crippen LogP contribution >= 0.6 is 11.3 Å². The fourth-order valence-electron chi connectivity index (χ4n) is 5.74. The van der Waals surface area contributed by atoms with Crippen molar-refractivity contribution >= 4 is 29.1 Å². The maximum Gasteiger partial charge on any atom is 0.337 e. The number of benzene rings is 3. The lowest BCUT2D eigenvalue weighted by Crippen LogP contribution is -2.38. The van der Waals surface area contributed by atoms with Gasteiger partial charge in [0, 0.05) is 17.2 Å². The molecule has 0 saturated carbocycles. The Bertz CT molecular complexity index is 2060. The van der Waals surface area contributed by atoms with Gasteiger partial charge in [-0.15, -0.1) is 0 Å². The summed E-state index contributed by atoms with van der Waals surface area (Å²) in [5.41, 5.74) is 6.63. The van der Waals surface area contributed by atoms with E-state index in [0.29, 0.717) is 26.4 Å². The van der Waals surface area contributed by atoms with E-state index in [-0.39, 0.29) is 11.6 Å². The molecule has 0 spiro atoms. The molecule has 42 heavy (non-hydrogen) atoms. The zero-order chi connectivity index (χ0) is 28.8. The van der Waals surface area contributed by atoms with E-state index in [1.54, 1.807) is 37.5 Å². The van der Waals surface area contributed by atoms with Gasteiger partial charge in [0.1, 0.15) is 17.3 Å². The van der Waals surface area contributed by atoms with Crippen molar-refractivity contribution in [3.8, 4) is 17.1 Å². The van der Waals surface area contributed by atoms with Gasteiger partial charge in [0.15, 0.2) is 4.80 Å². The lowest BCUT2D eigenvalue weighted by atomic mass is 9.83. The Kier molecular flexibility index (Phi) is 6.47. The number of aromatic nitrogens is 1. The normalized spacial score (nSPS) is 15.9. The number of methoxy groups -OCH3 is 2. The van der Waals surface area contributed by atoms with E-state index in [9.17, 15) is 9.59 Å². The van der Waals surface area contributed by atoms with Crippen molar-refractivity contribution in [1.29, 1.82) is 0 Å². The molecular formula is C34H26N2O5S. The third kappa shape index (κ3) is 4.40. The number of furan rings is 1. The van der Waals surface area contributed by atoms with E-state index in [1.807, 2.05) is 47.0 Å². The molecule has 0 saturated heterocycles. The third-order valence-corrected chi connectivity index (χ3v) is 8.76. The number of carbonyl (C=O) groups is 1. The molecule has 8 heteroatoms. The predicted octanol–water partition coefficient (Wildman–Crippen LogP) is 5.37. The van der Waals surface area contributed by atoms with Crippen LogP contribution in [0.5, 0.6) is 5.75 Å². The van der Waals surface area contributed by atoms with Crippen molar-refractivity contribution in [2.45, 2.75) is 18.9 Å². The van der Waals surface area contributed by atoms with Crippen molar-refractivity contribution in [3.63, 3.8) is 0 Å². The van der Waals surface area contributed by atoms with Crippen LogP contribution < -0.4 is 19.6 Å². The largest absolute Gasteiger partial charge is 0.497 e. The van der Waals surface area contributed by atoms with Crippen LogP contribution in [0.25, 0.3) is 23.1 Å². The van der Waals surface area contributed by atoms with Crippen molar-refractivity contribution in [2.24, 2.45) is 4.99 Å². The molecule has 0 bridgehead atoms. The standard InChI is InChI=1S/C34H26N2O5S/c1-39-24-8-5-7-23(18-24)31-27-16-14-20-6-3-4-9-26(20)30(27)35-34-36(31)32(37)29(42-34)19-25-15-17-28(41-25)21-10-12-22(13-11-21)33(38)40-2/h3-13,15,17-19,31H,14,16H2,1-2H3/b29-19+/t31-/m0/s1. The predicted molar refractivity (Wildman–Crippen MR) is 161 cm³/mol. The topological polar surface area (TPSA) is 83.0 Å². The van der Waals surface area contributed by atoms with Crippen LogP contribution in [0.1, 0.15) is 45.3 Å². The van der Waals surface area contributed by atoms with Crippen LogP contribution in [0.15, 0.2) is 105 Å². The maximum atomic E-state index is 14.0. The van der Waals surface area contributed by atoms with E-state index in [0.717, 1.165) is 46.6 Å². The number of hydrogen-bond donors (Lipinski definition) is 0. The fraction of sp³-hybridized carbons (Fsp3) is 0.147. The number of thiazole rings is 1. The summed E-state index contributed by atoms with van der Waals surface area (Å²) >= 11 is 1.36. The molecule has 2 aromatic heterocycles. The molecule has 0 radical (unpaired) electrons. The van der Waals surface area contributed by atoms with E-state index >= 15 is 0 Å². The summed E-state index contributed by atoms with van der Waals surface area (Å²) in [7, 11) is 3.00. The molecule has 0 amide bonds. The van der Waals surface area contributed by atoms with Crippen LogP contribution in [-0.4, -0.2) is 24.8 Å². The molecule has 3 aromatic carbocycles. The molecule has 2 aliphatic rings. The zero-order valence-corrected chi connectivity index (χ0v) is 23.8. The Morgan fingerprint density at radius 1 is 1.00 bits per heavy atom. The molecule has 0 N–H and O–H groups in total. The summed E-state index contributed by atoms with van der Waals surface area (Å²) in [6.45, 7) is 0. The minimum Gasteiger partial charge on any atom is -0.497 e. The highest BCUT2D eigenvalue weighted by Gasteiger charge is 2.32. The monoisotopic (exact) mass is 574 g/mol. The van der Waals surface area contributed by atoms with Crippen molar-refractivity contribution in [1.82, 2.24) is 4.57 Å². The van der Waals surface area contributed by atoms with Gasteiger partial charge in [0.25, 0.3) is 5.56 Å². The van der Waals surface area contributed by atoms with Gasteiger partial charge in [-0.3, -0.25) is 9.36 Å². The highest BCUT2D eigenvalue weighted by molar-refractivity contribution is 7.07. The average Bonchev–Trinajstić information content (AvgIpc) is 3.63. The van der Waals surface area contributed by atoms with Crippen molar-refractivity contribution in [3.05, 3.63) is 138 Å². The molecule has 7 nitrogen and oxygen atoms in total. The molecule has 1 aliphatic heterocycles. The van der Waals surface area contributed by atoms with E-state index in [2.05, 4.69) is 18.2 Å². The quantitative estimate of drug-likeness (QED) is 0.264. The van der Waals surface area contributed by atoms with Gasteiger partial charge in [-0.25, -0.2) is 9.79 Å². The first-order chi connectivity index (χ1) is 20.5. The first-order valence-electron chi connectivity index (χ1n) is 13.6. The zero-order valence-electron chi connectivity index (χ0n) is 23.0. The number of ether oxygens (including phenoxy) is 2. The van der Waals surface area contributed by atoms with Gasteiger partial charge < -0.3 is 13.9 Å². The van der Waals surface area contributed by atoms with Crippen LogP contribution in [0.3, 0.4) is 0 Å². The van der Waals surface area contributed by atoms with E-state index < -0.39 is 5.97 Å². The summed E-state index contributed by atoms with van der Waals surface area (Å²) < 4.78 is 18.8. The second-order valence-electron chi connectivity index (χ2n) is 10.2. The van der Waals surface area contributed by atoms with Gasteiger partial charge in [0.2, 0.25) is 0 Å². The SMILES string of the molecule is COC(=O)c1ccc(-c2ccc(/C=c3/sc4n(c3=O)[C@@H](c3cccc(OC)c3)C3=C(N=4)c4ccccc4CC3)o2)cc1. The molecule has 0 unspecified atom stereocenters. The van der Waals surface area contributed by atoms with E-state index in [4.69, 9.17) is 18.9 Å². The van der Waals surface area contributed by atoms with Crippen LogP contribution in [0.2, 0.25) is 0 Å². The summed E-state index contributed by atoms with van der Waals surface area (Å²) in [6.07, 6.45) is 3.48. The molecule has 0 fully saturated rings. The maximum absolute atomic E-state index is 14.0. The van der Waals surface area contributed by atoms with Gasteiger partial charge >= 0.3 is 5.97 Å². The highest BCUT2D eigenvalue weighted by atomic mass is 32.1. The summed E-state index contributed by atoms with van der Waals surface area (Å²) in [4.78, 5) is 31.5. The van der Waals surface area contributed by atoms with Crippen LogP contribution in [0.4, 0.5) is 0 Å². The average molecular weight is 575 g/mol. The minimum atomic E-state index is -0.394. The first kappa shape index (κ1) is 26.0. The van der Waals surface area contributed by atoms with Gasteiger partial charge in [-0.2, -0.15) is 0 Å². The number of hydrogen-bond acceptors (Lipinski definition) is 7. The molecule has 208 valence electrons. The molecule has 3 heterocycles. The highest BCUT2D eigenvalue weighted by Crippen LogP contribution is 2.41. The third-order valence-electron chi connectivity index (χ3n) is 7.77. The summed E-state index contributed by atoms with van der Waals surface area (Å²) in [6, 6.07) is 26.7. The number of fused-ring (bicyclic) bond motifs is 3. The Morgan fingerprint density at radius 2 is 1.83 bits per heavy atom. The van der Waals surface area contributed by atoms with Gasteiger partial charge in [-0.1, -0.05) is 59.9 Å². The van der Waals surface area contributed by atoms with Crippen molar-refractivity contribution in [2.75, 3.05) is 14.2 Å². The molecule has 1 atom stereocenters. The van der Waals surface area contributed by atoms with Crippen LogP contribution in [-0.2, 0) is 11.2 Å². The van der Waals surface area contributed by atoms with Crippen molar-refractivity contribution < 1.29 is 18.7 Å². The molecular weight excluding hydrogens is 548 g/mol. The molecule has 7 rings (SSSR count). The molecule has 1 aliphatic carbocycles. The number of esters is 1. The number of nitrogens with zero attached hydrogens (tertiary/aromatic N) is 2. The van der Waals surface area contributed by atoms with Gasteiger partial charge in [-0.05, 0) is 65.9 Å². The second-order valence-corrected chi connectivity index (χ2v) is 11.2. The van der Waals surface area contributed by atoms with E-state index in [1.165, 1.54) is 24.0 Å². The molecule has 5 aromatic rings. The summed E-state index contributed by atoms with van der Waals surface area (Å²) in [5.74, 6) is 1.54. The van der Waals surface area contributed by atoms with Gasteiger partial charge in [0.05, 0.1) is 36.1 Å². The smallest absolute Gasteiger partial charge is 0.337 e. The fourth-order valence-corrected chi connectivity index (χ4v) is 6.72. The Balaban J connectivity index is 1.34. The lowest BCUT2D eigenvalue weighted by molar-refractivity contribution is 0.0600. The number of rotatable bonds is 5. The number of allylic oxidation sites excluding steroid dienone is 1. The minimum absolute atomic E-state index is 0.114. The number of aryl methyl sites for hydroxylation is 1. The number of carbonyl (C=O) groups excluding carboxylic acids is 1. The first-order valence-corrected chi connectivity index (χ1v) is 14.4. The summed E-state index contributed by atoms with van der Waals surface area (Å²) in [5, 5.41) is 0. The second kappa shape index (κ2) is 10.5. The Labute approximate surface area is 245 Å². The van der Waals surface area contributed by atoms with Crippen LogP contribution in [0, 0.1) is 0 Å². The lowest BCUT2D eigenvalue weighted by Gasteiger charge is -2.31.